The molecule has 0 aliphatic carbocycles. The van der Waals surface area contributed by atoms with Gasteiger partial charge in [-0.1, -0.05) is 29.2 Å². The normalized spacial score (nSPS) is 16.2. The van der Waals surface area contributed by atoms with Crippen molar-refractivity contribution in [1.29, 1.82) is 0 Å². The third-order valence-electron chi connectivity index (χ3n) is 3.53. The molecule has 3 rings (SSSR count). The summed E-state index contributed by atoms with van der Waals surface area (Å²) in [6.45, 7) is 0.549. The van der Waals surface area contributed by atoms with E-state index in [1.165, 1.54) is 30.2 Å². The molecule has 1 unspecified atom stereocenters. The van der Waals surface area contributed by atoms with Crippen LogP contribution in [0.2, 0.25) is 0 Å². The molecule has 8 nitrogen and oxygen atoms in total. The quantitative estimate of drug-likeness (QED) is 0.542. The fourth-order valence-electron chi connectivity index (χ4n) is 2.42. The largest absolute Gasteiger partial charge is 0.537 e. The number of nitrogens with zero attached hydrogens (tertiary/aromatic N) is 2. The molecule has 11 heteroatoms. The van der Waals surface area contributed by atoms with Gasteiger partial charge in [0.1, 0.15) is 29.2 Å². The smallest absolute Gasteiger partial charge is 0.534 e. The lowest BCUT2D eigenvalue weighted by atomic mass is 9.77. The van der Waals surface area contributed by atoms with E-state index in [1.54, 1.807) is 17.6 Å². The molecular weight excluding hydrogens is 367 g/mol. The number of hydrogen-bond donors (Lipinski definition) is 2. The van der Waals surface area contributed by atoms with E-state index < -0.39 is 13.1 Å². The molecule has 1 atom stereocenters. The predicted molar refractivity (Wildman–Crippen MR) is 92.6 cm³/mol. The van der Waals surface area contributed by atoms with Crippen molar-refractivity contribution in [2.24, 2.45) is 0 Å². The number of carboxylic acid groups (broad SMARTS) is 1. The first-order chi connectivity index (χ1) is 12.1. The lowest BCUT2D eigenvalue weighted by Crippen LogP contribution is -2.40. The Labute approximate surface area is 152 Å². The topological polar surface area (TPSA) is 111 Å². The predicted octanol–water partition coefficient (Wildman–Crippen LogP) is 1.38. The minimum Gasteiger partial charge on any atom is -0.534 e. The maximum absolute atomic E-state index is 11.7. The Balaban J connectivity index is 1.85. The van der Waals surface area contributed by atoms with Gasteiger partial charge in [0.25, 0.3) is 0 Å². The van der Waals surface area contributed by atoms with E-state index in [9.17, 15) is 14.9 Å². The van der Waals surface area contributed by atoms with Crippen LogP contribution in [0.15, 0.2) is 22.0 Å². The van der Waals surface area contributed by atoms with E-state index in [-0.39, 0.29) is 28.8 Å². The standard InChI is InChI=1S/C14H15BN2O6S2/c1-21-4-5-22-9-3-2-8-6-10(25-14-17-16-7-24-14)15(20)23-12(8)11(9)13(18)19/h2-3,7,10,20H,4-6H2,1H3,(H,18,19). The van der Waals surface area contributed by atoms with Crippen LogP contribution in [0, 0.1) is 0 Å². The van der Waals surface area contributed by atoms with Crippen molar-refractivity contribution in [2.75, 3.05) is 20.3 Å². The maximum Gasteiger partial charge on any atom is 0.537 e. The Morgan fingerprint density at radius 3 is 3.04 bits per heavy atom. The molecule has 0 spiro atoms. The molecule has 25 heavy (non-hydrogen) atoms. The van der Waals surface area contributed by atoms with E-state index in [4.69, 9.17) is 14.1 Å². The number of rotatable bonds is 7. The summed E-state index contributed by atoms with van der Waals surface area (Å²) < 4.78 is 16.6. The number of methoxy groups -OCH3 is 1. The van der Waals surface area contributed by atoms with Gasteiger partial charge in [-0.15, -0.1) is 10.2 Å². The molecule has 0 saturated carbocycles. The van der Waals surface area contributed by atoms with Crippen LogP contribution in [0.3, 0.4) is 0 Å². The number of carboxylic acids is 1. The van der Waals surface area contributed by atoms with Gasteiger partial charge in [-0.3, -0.25) is 0 Å². The van der Waals surface area contributed by atoms with Gasteiger partial charge in [-0.25, -0.2) is 4.79 Å². The van der Waals surface area contributed by atoms with Crippen LogP contribution in [-0.2, 0) is 11.2 Å². The first-order valence-electron chi connectivity index (χ1n) is 7.38. The maximum atomic E-state index is 11.7. The average Bonchev–Trinajstić information content (AvgIpc) is 3.08. The molecule has 1 aliphatic rings. The Hall–Kier alpha value is -1.82. The zero-order chi connectivity index (χ0) is 17.8. The second-order valence-electron chi connectivity index (χ2n) is 5.15. The van der Waals surface area contributed by atoms with Gasteiger partial charge in [-0.05, 0) is 18.1 Å². The van der Waals surface area contributed by atoms with Crippen LogP contribution in [0.4, 0.5) is 0 Å². The Morgan fingerprint density at radius 1 is 1.52 bits per heavy atom. The van der Waals surface area contributed by atoms with Gasteiger partial charge in [0, 0.05) is 7.11 Å². The fourth-order valence-corrected chi connectivity index (χ4v) is 4.21. The number of hydrogen-bond acceptors (Lipinski definition) is 9. The minimum atomic E-state index is -1.17. The highest BCUT2D eigenvalue weighted by molar-refractivity contribution is 8.02. The molecule has 1 aliphatic heterocycles. The SMILES string of the molecule is COCCOc1ccc2c(c1C(=O)O)OB(O)C(Sc1nncs1)C2. The van der Waals surface area contributed by atoms with Crippen LogP contribution in [0.1, 0.15) is 15.9 Å². The van der Waals surface area contributed by atoms with Crippen LogP contribution in [0.25, 0.3) is 0 Å². The Kier molecular flexibility index (Phi) is 5.79. The Bertz CT molecular complexity index is 745. The summed E-state index contributed by atoms with van der Waals surface area (Å²) in [6.07, 6.45) is 0.444. The zero-order valence-electron chi connectivity index (χ0n) is 13.2. The van der Waals surface area contributed by atoms with Crippen LogP contribution < -0.4 is 9.39 Å². The molecule has 1 aromatic carbocycles. The molecule has 2 N–H and O–H groups in total. The number of fused-ring (bicyclic) bond motifs is 1. The highest BCUT2D eigenvalue weighted by atomic mass is 32.2. The van der Waals surface area contributed by atoms with Crippen molar-refractivity contribution in [3.63, 3.8) is 0 Å². The van der Waals surface area contributed by atoms with Crippen molar-refractivity contribution in [3.05, 3.63) is 28.8 Å². The van der Waals surface area contributed by atoms with Crippen LogP contribution >= 0.6 is 23.1 Å². The summed E-state index contributed by atoms with van der Waals surface area (Å²) in [5, 5.41) is 27.2. The molecule has 1 aromatic heterocycles. The molecule has 0 amide bonds. The van der Waals surface area contributed by atoms with E-state index in [2.05, 4.69) is 10.2 Å². The van der Waals surface area contributed by atoms with Crippen molar-refractivity contribution in [3.8, 4) is 11.5 Å². The number of benzene rings is 1. The summed E-state index contributed by atoms with van der Waals surface area (Å²) in [5.41, 5.74) is 2.22. The molecule has 0 radical (unpaired) electrons. The van der Waals surface area contributed by atoms with Gasteiger partial charge in [0.15, 0.2) is 4.34 Å². The fraction of sp³-hybridized carbons (Fsp3) is 0.357. The summed E-state index contributed by atoms with van der Waals surface area (Å²) in [6, 6.07) is 3.36. The lowest BCUT2D eigenvalue weighted by Gasteiger charge is -2.28. The summed E-state index contributed by atoms with van der Waals surface area (Å²) in [5.74, 6) is -0.846. The highest BCUT2D eigenvalue weighted by Crippen LogP contribution is 2.40. The molecule has 0 saturated heterocycles. The number of aromatic carboxylic acids is 1. The van der Waals surface area contributed by atoms with Crippen LogP contribution in [-0.4, -0.2) is 58.9 Å². The third-order valence-corrected chi connectivity index (χ3v) is 5.58. The number of thioether (sulfide) groups is 1. The number of ether oxygens (including phenoxy) is 2. The average molecular weight is 382 g/mol. The first-order valence-corrected chi connectivity index (χ1v) is 9.14. The molecular formula is C14H15BN2O6S2. The van der Waals surface area contributed by atoms with Crippen molar-refractivity contribution in [1.82, 2.24) is 10.2 Å². The van der Waals surface area contributed by atoms with E-state index in [0.29, 0.717) is 22.9 Å². The van der Waals surface area contributed by atoms with Gasteiger partial charge in [-0.2, -0.15) is 0 Å². The van der Waals surface area contributed by atoms with Gasteiger partial charge in [0.2, 0.25) is 0 Å². The number of carbonyl (C=O) groups is 1. The Morgan fingerprint density at radius 2 is 2.36 bits per heavy atom. The molecule has 2 heterocycles. The van der Waals surface area contributed by atoms with Gasteiger partial charge < -0.3 is 24.3 Å². The van der Waals surface area contributed by atoms with E-state index in [0.717, 1.165) is 0 Å². The lowest BCUT2D eigenvalue weighted by molar-refractivity contribution is 0.0686. The molecule has 2 aromatic rings. The second-order valence-corrected chi connectivity index (χ2v) is 7.47. The minimum absolute atomic E-state index is 0.0907. The summed E-state index contributed by atoms with van der Waals surface area (Å²) >= 11 is 2.72. The molecule has 0 bridgehead atoms. The monoisotopic (exact) mass is 382 g/mol. The summed E-state index contributed by atoms with van der Waals surface area (Å²) in [7, 11) is 0.373. The van der Waals surface area contributed by atoms with E-state index >= 15 is 0 Å². The third kappa shape index (κ3) is 4.06. The first kappa shape index (κ1) is 18.0. The molecule has 132 valence electrons. The molecule has 0 fully saturated rings. The van der Waals surface area contributed by atoms with Gasteiger partial charge in [0.05, 0.1) is 11.8 Å². The van der Waals surface area contributed by atoms with Crippen molar-refractivity contribution in [2.45, 2.75) is 15.9 Å². The summed E-state index contributed by atoms with van der Waals surface area (Å²) in [4.78, 5) is 11.7. The van der Waals surface area contributed by atoms with Crippen molar-refractivity contribution < 1.29 is 29.1 Å². The van der Waals surface area contributed by atoms with Crippen LogP contribution in [0.5, 0.6) is 11.5 Å². The van der Waals surface area contributed by atoms with E-state index in [1.807, 2.05) is 0 Å². The second kappa shape index (κ2) is 8.04. The van der Waals surface area contributed by atoms with Gasteiger partial charge >= 0.3 is 13.1 Å². The zero-order valence-corrected chi connectivity index (χ0v) is 14.9. The number of aromatic nitrogens is 2. The highest BCUT2D eigenvalue weighted by Gasteiger charge is 2.39. The van der Waals surface area contributed by atoms with Crippen molar-refractivity contribution >= 4 is 36.2 Å².